The van der Waals surface area contributed by atoms with Gasteiger partial charge in [-0.05, 0) is 81.5 Å². The second-order valence-corrected chi connectivity index (χ2v) is 8.01. The van der Waals surface area contributed by atoms with Crippen LogP contribution in [-0.4, -0.2) is 39.0 Å². The minimum Gasteiger partial charge on any atom is -0.355 e. The van der Waals surface area contributed by atoms with Crippen LogP contribution in [0.4, 0.5) is 15.9 Å². The van der Waals surface area contributed by atoms with Gasteiger partial charge in [0.1, 0.15) is 5.82 Å². The molecule has 162 valence electrons. The molecule has 8 heteroatoms. The lowest BCUT2D eigenvalue weighted by atomic mass is 10.1. The van der Waals surface area contributed by atoms with Crippen LogP contribution in [0.15, 0.2) is 30.3 Å². The maximum absolute atomic E-state index is 13.3. The van der Waals surface area contributed by atoms with E-state index in [4.69, 9.17) is 0 Å². The van der Waals surface area contributed by atoms with E-state index >= 15 is 0 Å². The summed E-state index contributed by atoms with van der Waals surface area (Å²) < 4.78 is 15.0. The molecule has 3 aromatic rings. The fourth-order valence-electron chi connectivity index (χ4n) is 4.02. The van der Waals surface area contributed by atoms with Crippen LogP contribution in [0.25, 0.3) is 5.82 Å². The molecule has 0 saturated carbocycles. The van der Waals surface area contributed by atoms with E-state index in [0.29, 0.717) is 29.9 Å². The maximum Gasteiger partial charge on any atom is 0.224 e. The molecule has 0 unspecified atom stereocenters. The van der Waals surface area contributed by atoms with Gasteiger partial charge in [0.25, 0.3) is 0 Å². The molecule has 31 heavy (non-hydrogen) atoms. The highest BCUT2D eigenvalue weighted by Gasteiger charge is 2.17. The van der Waals surface area contributed by atoms with Gasteiger partial charge in [-0.3, -0.25) is 4.79 Å². The van der Waals surface area contributed by atoms with Crippen LogP contribution in [0.1, 0.15) is 41.8 Å². The van der Waals surface area contributed by atoms with E-state index in [9.17, 15) is 9.18 Å². The topological polar surface area (TPSA) is 75.9 Å². The molecule has 0 aliphatic carbocycles. The number of benzene rings is 1. The molecule has 1 amide bonds. The van der Waals surface area contributed by atoms with Crippen molar-refractivity contribution in [1.29, 1.82) is 0 Å². The van der Waals surface area contributed by atoms with Crippen LogP contribution in [0.3, 0.4) is 0 Å². The number of anilines is 2. The van der Waals surface area contributed by atoms with Crippen molar-refractivity contribution in [1.82, 2.24) is 20.0 Å². The van der Waals surface area contributed by atoms with Gasteiger partial charge < -0.3 is 10.2 Å². The van der Waals surface area contributed by atoms with Crippen LogP contribution in [0.2, 0.25) is 0 Å². The highest BCUT2D eigenvalue weighted by atomic mass is 19.1. The summed E-state index contributed by atoms with van der Waals surface area (Å²) in [4.78, 5) is 14.7. The van der Waals surface area contributed by atoms with Gasteiger partial charge in [0, 0.05) is 30.9 Å². The standard InChI is InChI=1S/C23H27FN6O/c1-15-14-18(24)6-8-20(15)25-23(31)11-7-19-16(2)28-30(17(19)3)22-10-9-21(26-27-22)29-12-4-5-13-29/h6,8-10,14H,4-5,7,11-13H2,1-3H3,(H,25,31). The molecule has 1 saturated heterocycles. The number of halogens is 1. The molecule has 0 bridgehead atoms. The minimum atomic E-state index is -0.314. The molecule has 1 N–H and O–H groups in total. The van der Waals surface area contributed by atoms with Crippen molar-refractivity contribution < 1.29 is 9.18 Å². The molecule has 1 aliphatic rings. The normalized spacial score (nSPS) is 13.6. The summed E-state index contributed by atoms with van der Waals surface area (Å²) >= 11 is 0. The summed E-state index contributed by atoms with van der Waals surface area (Å²) in [6.07, 6.45) is 3.25. The van der Waals surface area contributed by atoms with E-state index in [1.54, 1.807) is 17.7 Å². The summed E-state index contributed by atoms with van der Waals surface area (Å²) in [5.41, 5.74) is 4.17. The quantitative estimate of drug-likeness (QED) is 0.652. The van der Waals surface area contributed by atoms with Crippen molar-refractivity contribution in [2.75, 3.05) is 23.3 Å². The van der Waals surface area contributed by atoms with E-state index < -0.39 is 0 Å². The molecular weight excluding hydrogens is 395 g/mol. The zero-order valence-electron chi connectivity index (χ0n) is 18.2. The van der Waals surface area contributed by atoms with Gasteiger partial charge in [0.05, 0.1) is 5.69 Å². The fraction of sp³-hybridized carbons (Fsp3) is 0.391. The molecule has 0 radical (unpaired) electrons. The van der Waals surface area contributed by atoms with Gasteiger partial charge >= 0.3 is 0 Å². The number of carbonyl (C=O) groups excluding carboxylic acids is 1. The lowest BCUT2D eigenvalue weighted by Crippen LogP contribution is -2.19. The lowest BCUT2D eigenvalue weighted by molar-refractivity contribution is -0.116. The van der Waals surface area contributed by atoms with Crippen molar-refractivity contribution in [2.24, 2.45) is 0 Å². The first kappa shape index (κ1) is 21.0. The number of aromatic nitrogens is 4. The highest BCUT2D eigenvalue weighted by Crippen LogP contribution is 2.22. The number of rotatable bonds is 6. The smallest absolute Gasteiger partial charge is 0.224 e. The average molecular weight is 423 g/mol. The molecule has 2 aromatic heterocycles. The molecule has 0 atom stereocenters. The second kappa shape index (κ2) is 8.83. The third-order valence-electron chi connectivity index (χ3n) is 5.79. The Balaban J connectivity index is 1.43. The fourth-order valence-corrected chi connectivity index (χ4v) is 4.02. The second-order valence-electron chi connectivity index (χ2n) is 8.01. The number of aryl methyl sites for hydroxylation is 2. The Labute approximate surface area is 181 Å². The molecule has 1 aliphatic heterocycles. The van der Waals surface area contributed by atoms with Crippen molar-refractivity contribution in [3.05, 3.63) is 58.7 Å². The molecule has 1 aromatic carbocycles. The Morgan fingerprint density at radius 2 is 1.77 bits per heavy atom. The number of hydrogen-bond donors (Lipinski definition) is 1. The third kappa shape index (κ3) is 4.57. The van der Waals surface area contributed by atoms with E-state index in [1.807, 2.05) is 26.0 Å². The average Bonchev–Trinajstić information content (AvgIpc) is 3.38. The van der Waals surface area contributed by atoms with Gasteiger partial charge in [-0.1, -0.05) is 0 Å². The van der Waals surface area contributed by atoms with Gasteiger partial charge in [-0.15, -0.1) is 10.2 Å². The summed E-state index contributed by atoms with van der Waals surface area (Å²) in [6, 6.07) is 8.26. The van der Waals surface area contributed by atoms with Crippen LogP contribution >= 0.6 is 0 Å². The first-order valence-electron chi connectivity index (χ1n) is 10.6. The Hall–Kier alpha value is -3.29. The lowest BCUT2D eigenvalue weighted by Gasteiger charge is -2.15. The number of hydrogen-bond acceptors (Lipinski definition) is 5. The molecule has 4 rings (SSSR count). The highest BCUT2D eigenvalue weighted by molar-refractivity contribution is 5.91. The predicted octanol–water partition coefficient (Wildman–Crippen LogP) is 3.90. The minimum absolute atomic E-state index is 0.115. The van der Waals surface area contributed by atoms with E-state index in [-0.39, 0.29) is 11.7 Å². The largest absolute Gasteiger partial charge is 0.355 e. The van der Waals surface area contributed by atoms with Crippen molar-refractivity contribution in [3.63, 3.8) is 0 Å². The van der Waals surface area contributed by atoms with Crippen LogP contribution in [0.5, 0.6) is 0 Å². The number of carbonyl (C=O) groups is 1. The number of nitrogens with zero attached hydrogens (tertiary/aromatic N) is 5. The third-order valence-corrected chi connectivity index (χ3v) is 5.79. The monoisotopic (exact) mass is 422 g/mol. The Kier molecular flexibility index (Phi) is 5.97. The zero-order chi connectivity index (χ0) is 22.0. The van der Waals surface area contributed by atoms with Gasteiger partial charge in [-0.2, -0.15) is 5.10 Å². The summed E-state index contributed by atoms with van der Waals surface area (Å²) in [7, 11) is 0. The van der Waals surface area contributed by atoms with Crippen LogP contribution < -0.4 is 10.2 Å². The van der Waals surface area contributed by atoms with Crippen molar-refractivity contribution in [3.8, 4) is 5.82 Å². The maximum atomic E-state index is 13.3. The Bertz CT molecular complexity index is 1090. The summed E-state index contributed by atoms with van der Waals surface area (Å²) in [5.74, 6) is 1.14. The molecule has 0 spiro atoms. The van der Waals surface area contributed by atoms with E-state index in [0.717, 1.165) is 35.9 Å². The summed E-state index contributed by atoms with van der Waals surface area (Å²) in [6.45, 7) is 7.74. The van der Waals surface area contributed by atoms with Crippen molar-refractivity contribution in [2.45, 2.75) is 46.5 Å². The molecule has 1 fully saturated rings. The first-order valence-corrected chi connectivity index (χ1v) is 10.6. The summed E-state index contributed by atoms with van der Waals surface area (Å²) in [5, 5.41) is 16.2. The first-order chi connectivity index (χ1) is 14.9. The zero-order valence-corrected chi connectivity index (χ0v) is 18.2. The Morgan fingerprint density at radius 3 is 2.45 bits per heavy atom. The van der Waals surface area contributed by atoms with Gasteiger partial charge in [0.2, 0.25) is 5.91 Å². The van der Waals surface area contributed by atoms with Crippen LogP contribution in [0, 0.1) is 26.6 Å². The predicted molar refractivity (Wildman–Crippen MR) is 118 cm³/mol. The van der Waals surface area contributed by atoms with E-state index in [2.05, 4.69) is 25.5 Å². The van der Waals surface area contributed by atoms with Gasteiger partial charge in [0.15, 0.2) is 11.6 Å². The number of nitrogens with one attached hydrogen (secondary N) is 1. The number of amides is 1. The van der Waals surface area contributed by atoms with Crippen molar-refractivity contribution >= 4 is 17.4 Å². The SMILES string of the molecule is Cc1cc(F)ccc1NC(=O)CCc1c(C)nn(-c2ccc(N3CCCC3)nn2)c1C. The van der Waals surface area contributed by atoms with Gasteiger partial charge in [-0.25, -0.2) is 9.07 Å². The molecular formula is C23H27FN6O. The Morgan fingerprint density at radius 1 is 1.06 bits per heavy atom. The molecule has 7 nitrogen and oxygen atoms in total. The van der Waals surface area contributed by atoms with E-state index in [1.165, 1.54) is 25.0 Å². The molecule has 3 heterocycles. The van der Waals surface area contributed by atoms with Crippen LogP contribution in [-0.2, 0) is 11.2 Å².